The Morgan fingerprint density at radius 3 is 2.74 bits per heavy atom. The average Bonchev–Trinajstić information content (AvgIpc) is 2.69. The van der Waals surface area contributed by atoms with E-state index in [0.717, 1.165) is 17.2 Å². The van der Waals surface area contributed by atoms with E-state index >= 15 is 0 Å². The lowest BCUT2D eigenvalue weighted by Gasteiger charge is -2.17. The molecule has 1 aromatic rings. The quantitative estimate of drug-likeness (QED) is 0.749. The van der Waals surface area contributed by atoms with E-state index in [0.29, 0.717) is 12.8 Å². The molecule has 0 radical (unpaired) electrons. The van der Waals surface area contributed by atoms with Crippen LogP contribution in [0.2, 0.25) is 0 Å². The topological polar surface area (TPSA) is 34.1 Å². The first-order chi connectivity index (χ1) is 8.90. The molecule has 1 unspecified atom stereocenters. The summed E-state index contributed by atoms with van der Waals surface area (Å²) in [7, 11) is 0. The lowest BCUT2D eigenvalue weighted by molar-refractivity contribution is -0.174. The maximum absolute atomic E-state index is 11.9. The van der Waals surface area contributed by atoms with Gasteiger partial charge in [-0.2, -0.15) is 13.2 Å². The first kappa shape index (κ1) is 16.4. The summed E-state index contributed by atoms with van der Waals surface area (Å²) < 4.78 is 40.4. The van der Waals surface area contributed by atoms with Crippen LogP contribution in [0.3, 0.4) is 0 Å². The third kappa shape index (κ3) is 7.49. The Bertz CT molecular complexity index is 368. The second-order valence-corrected chi connectivity index (χ2v) is 5.34. The molecule has 0 saturated carbocycles. The smallest absolute Gasteiger partial charge is 0.372 e. The minimum atomic E-state index is -4.25. The van der Waals surface area contributed by atoms with E-state index in [4.69, 9.17) is 0 Å². The molecule has 1 N–H and O–H groups in total. The van der Waals surface area contributed by atoms with Crippen molar-refractivity contribution in [2.24, 2.45) is 0 Å². The molecule has 110 valence electrons. The number of hydrogen-bond donors (Lipinski definition) is 1. The Morgan fingerprint density at radius 2 is 2.21 bits per heavy atom. The molecule has 3 nitrogen and oxygen atoms in total. The van der Waals surface area contributed by atoms with Crippen LogP contribution in [0, 0.1) is 6.92 Å². The highest BCUT2D eigenvalue weighted by Gasteiger charge is 2.27. The van der Waals surface area contributed by atoms with Gasteiger partial charge in [0.05, 0.1) is 10.7 Å². The van der Waals surface area contributed by atoms with Crippen LogP contribution in [0.15, 0.2) is 5.38 Å². The van der Waals surface area contributed by atoms with E-state index in [-0.39, 0.29) is 12.6 Å². The average molecular weight is 296 g/mol. The van der Waals surface area contributed by atoms with Crippen molar-refractivity contribution in [2.45, 2.75) is 38.9 Å². The van der Waals surface area contributed by atoms with Gasteiger partial charge < -0.3 is 10.1 Å². The normalized spacial score (nSPS) is 13.7. The van der Waals surface area contributed by atoms with Gasteiger partial charge in [-0.25, -0.2) is 4.98 Å². The summed E-state index contributed by atoms with van der Waals surface area (Å²) in [6.45, 7) is 3.59. The summed E-state index contributed by atoms with van der Waals surface area (Å²) in [5.41, 5.74) is 0.976. The third-order valence-corrected chi connectivity index (χ3v) is 3.31. The Hall–Kier alpha value is -0.660. The van der Waals surface area contributed by atoms with Crippen LogP contribution in [-0.4, -0.2) is 37.0 Å². The molecule has 0 aliphatic heterocycles. The molecule has 0 saturated heterocycles. The number of ether oxygens (including phenoxy) is 1. The van der Waals surface area contributed by atoms with Crippen LogP contribution >= 0.6 is 11.3 Å². The fraction of sp³-hybridized carbons (Fsp3) is 0.750. The fourth-order valence-electron chi connectivity index (χ4n) is 1.73. The summed E-state index contributed by atoms with van der Waals surface area (Å²) in [6, 6.07) is 0.0970. The lowest BCUT2D eigenvalue weighted by atomic mass is 10.1. The van der Waals surface area contributed by atoms with E-state index in [1.165, 1.54) is 0 Å². The van der Waals surface area contributed by atoms with Gasteiger partial charge in [-0.3, -0.25) is 0 Å². The molecule has 1 aromatic heterocycles. The third-order valence-electron chi connectivity index (χ3n) is 2.49. The number of nitrogens with zero attached hydrogens (tertiary/aromatic N) is 1. The van der Waals surface area contributed by atoms with Crippen LogP contribution in [0.25, 0.3) is 0 Å². The van der Waals surface area contributed by atoms with Crippen molar-refractivity contribution >= 4 is 11.3 Å². The van der Waals surface area contributed by atoms with Crippen LogP contribution in [0.4, 0.5) is 13.2 Å². The van der Waals surface area contributed by atoms with Gasteiger partial charge >= 0.3 is 6.18 Å². The molecule has 0 bridgehead atoms. The van der Waals surface area contributed by atoms with Crippen molar-refractivity contribution in [1.29, 1.82) is 0 Å². The number of aryl methyl sites for hydroxylation is 1. The largest absolute Gasteiger partial charge is 0.411 e. The highest BCUT2D eigenvalue weighted by Crippen LogP contribution is 2.15. The van der Waals surface area contributed by atoms with Crippen LogP contribution in [-0.2, 0) is 11.2 Å². The van der Waals surface area contributed by atoms with Crippen LogP contribution < -0.4 is 5.32 Å². The second-order valence-electron chi connectivity index (χ2n) is 4.27. The molecule has 0 aliphatic rings. The van der Waals surface area contributed by atoms with Crippen molar-refractivity contribution in [2.75, 3.05) is 19.8 Å². The standard InChI is InChI=1S/C12H19F3N2OS/c1-3-16-10(4-5-18-8-12(13,14)15)6-11-7-19-9(2)17-11/h7,10,16H,3-6,8H2,1-2H3. The van der Waals surface area contributed by atoms with Crippen LogP contribution in [0.5, 0.6) is 0 Å². The van der Waals surface area contributed by atoms with Gasteiger partial charge in [-0.05, 0) is 19.9 Å². The number of aromatic nitrogens is 1. The van der Waals surface area contributed by atoms with E-state index in [9.17, 15) is 13.2 Å². The Labute approximate surface area is 115 Å². The summed E-state index contributed by atoms with van der Waals surface area (Å²) >= 11 is 1.58. The maximum atomic E-state index is 11.9. The van der Waals surface area contributed by atoms with Gasteiger partial charge in [0.1, 0.15) is 6.61 Å². The van der Waals surface area contributed by atoms with Crippen LogP contribution in [0.1, 0.15) is 24.0 Å². The van der Waals surface area contributed by atoms with Crippen molar-refractivity contribution in [3.05, 3.63) is 16.1 Å². The highest BCUT2D eigenvalue weighted by molar-refractivity contribution is 7.09. The van der Waals surface area contributed by atoms with Gasteiger partial charge in [-0.1, -0.05) is 6.92 Å². The number of thiazole rings is 1. The molecule has 0 amide bonds. The number of alkyl halides is 3. The minimum Gasteiger partial charge on any atom is -0.372 e. The SMILES string of the molecule is CCNC(CCOCC(F)(F)F)Cc1csc(C)n1. The predicted octanol–water partition coefficient (Wildman–Crippen LogP) is 2.94. The zero-order valence-corrected chi connectivity index (χ0v) is 11.9. The molecule has 0 spiro atoms. The molecule has 19 heavy (non-hydrogen) atoms. The Kier molecular flexibility index (Phi) is 6.74. The summed E-state index contributed by atoms with van der Waals surface area (Å²) in [6.07, 6.45) is -2.99. The van der Waals surface area contributed by atoms with Gasteiger partial charge in [0.15, 0.2) is 0 Å². The lowest BCUT2D eigenvalue weighted by Crippen LogP contribution is -2.32. The van der Waals surface area contributed by atoms with Crippen molar-refractivity contribution in [1.82, 2.24) is 10.3 Å². The number of hydrogen-bond acceptors (Lipinski definition) is 4. The van der Waals surface area contributed by atoms with Gasteiger partial charge in [0, 0.05) is 24.4 Å². The molecule has 0 aromatic carbocycles. The van der Waals surface area contributed by atoms with E-state index in [1.807, 2.05) is 19.2 Å². The molecule has 0 fully saturated rings. The second kappa shape index (κ2) is 7.81. The Balaban J connectivity index is 2.32. The summed E-state index contributed by atoms with van der Waals surface area (Å²) in [4.78, 5) is 4.36. The van der Waals surface area contributed by atoms with E-state index in [1.54, 1.807) is 11.3 Å². The van der Waals surface area contributed by atoms with Gasteiger partial charge in [-0.15, -0.1) is 11.3 Å². The molecule has 1 atom stereocenters. The zero-order chi connectivity index (χ0) is 14.3. The molecule has 1 heterocycles. The predicted molar refractivity (Wildman–Crippen MR) is 69.5 cm³/mol. The van der Waals surface area contributed by atoms with Gasteiger partial charge in [0.2, 0.25) is 0 Å². The monoisotopic (exact) mass is 296 g/mol. The van der Waals surface area contributed by atoms with E-state index < -0.39 is 12.8 Å². The Morgan fingerprint density at radius 1 is 1.47 bits per heavy atom. The minimum absolute atomic E-state index is 0.0970. The summed E-state index contributed by atoms with van der Waals surface area (Å²) in [5, 5.41) is 6.22. The zero-order valence-electron chi connectivity index (χ0n) is 11.1. The van der Waals surface area contributed by atoms with Crippen molar-refractivity contribution in [3.63, 3.8) is 0 Å². The van der Waals surface area contributed by atoms with E-state index in [2.05, 4.69) is 15.0 Å². The maximum Gasteiger partial charge on any atom is 0.411 e. The number of rotatable bonds is 8. The summed E-state index contributed by atoms with van der Waals surface area (Å²) in [5.74, 6) is 0. The molecular formula is C12H19F3N2OS. The molecular weight excluding hydrogens is 277 g/mol. The number of likely N-dealkylation sites (N-methyl/N-ethyl adjacent to an activating group) is 1. The van der Waals surface area contributed by atoms with Crippen molar-refractivity contribution in [3.8, 4) is 0 Å². The first-order valence-electron chi connectivity index (χ1n) is 6.19. The molecule has 1 rings (SSSR count). The highest BCUT2D eigenvalue weighted by atomic mass is 32.1. The number of halogens is 3. The van der Waals surface area contributed by atoms with Gasteiger partial charge in [0.25, 0.3) is 0 Å². The molecule has 0 aliphatic carbocycles. The molecule has 7 heteroatoms. The van der Waals surface area contributed by atoms with Crippen molar-refractivity contribution < 1.29 is 17.9 Å². The first-order valence-corrected chi connectivity index (χ1v) is 7.07. The number of nitrogens with one attached hydrogen (secondary N) is 1. The fourth-order valence-corrected chi connectivity index (χ4v) is 2.36.